The van der Waals surface area contributed by atoms with Crippen molar-refractivity contribution >= 4 is 11.7 Å². The number of ether oxygens (including phenoxy) is 2. The van der Waals surface area contributed by atoms with E-state index in [1.54, 1.807) is 48.5 Å². The van der Waals surface area contributed by atoms with Crippen molar-refractivity contribution in [2.24, 2.45) is 0 Å². The van der Waals surface area contributed by atoms with E-state index in [0.717, 1.165) is 0 Å². The van der Waals surface area contributed by atoms with Crippen molar-refractivity contribution in [1.82, 2.24) is 10.3 Å². The molecule has 1 heterocycles. The Kier molecular flexibility index (Phi) is 6.19. The number of pyridine rings is 1. The van der Waals surface area contributed by atoms with Gasteiger partial charge in [0.1, 0.15) is 23.4 Å². The zero-order valence-electron chi connectivity index (χ0n) is 14.8. The zero-order chi connectivity index (χ0) is 18.4. The third kappa shape index (κ3) is 4.39. The Hall–Kier alpha value is -2.80. The van der Waals surface area contributed by atoms with Gasteiger partial charge in [-0.15, -0.1) is 0 Å². The van der Waals surface area contributed by atoms with E-state index in [-0.39, 0.29) is 12.5 Å². The van der Waals surface area contributed by atoms with E-state index in [9.17, 15) is 9.90 Å². The van der Waals surface area contributed by atoms with Crippen LogP contribution in [-0.4, -0.2) is 50.9 Å². The van der Waals surface area contributed by atoms with Crippen LogP contribution in [0.3, 0.4) is 0 Å². The summed E-state index contributed by atoms with van der Waals surface area (Å²) in [7, 11) is 6.70. The molecular formula is C18H23N3O4. The van der Waals surface area contributed by atoms with Crippen molar-refractivity contribution in [2.75, 3.05) is 39.8 Å². The number of carbonyl (C=O) groups excluding carboxylic acids is 1. The molecule has 0 aliphatic rings. The molecule has 1 amide bonds. The van der Waals surface area contributed by atoms with E-state index in [4.69, 9.17) is 9.47 Å². The van der Waals surface area contributed by atoms with Gasteiger partial charge in [0.25, 0.3) is 5.91 Å². The van der Waals surface area contributed by atoms with E-state index in [1.165, 1.54) is 7.11 Å². The number of anilines is 1. The van der Waals surface area contributed by atoms with Gasteiger partial charge in [-0.25, -0.2) is 4.98 Å². The van der Waals surface area contributed by atoms with E-state index < -0.39 is 6.10 Å². The molecule has 0 aliphatic carbocycles. The van der Waals surface area contributed by atoms with Gasteiger partial charge in [-0.05, 0) is 30.3 Å². The minimum Gasteiger partial charge on any atom is -0.497 e. The topological polar surface area (TPSA) is 83.9 Å². The fourth-order valence-corrected chi connectivity index (χ4v) is 2.42. The largest absolute Gasteiger partial charge is 0.497 e. The molecule has 7 nitrogen and oxygen atoms in total. The lowest BCUT2D eigenvalue weighted by Gasteiger charge is -2.18. The molecule has 1 aromatic heterocycles. The SMILES string of the molecule is COc1ccc(OC)c(C(O)CNC(=O)c2cccnc2N(C)C)c1. The van der Waals surface area contributed by atoms with Crippen LogP contribution >= 0.6 is 0 Å². The molecule has 0 saturated heterocycles. The number of nitrogens with zero attached hydrogens (tertiary/aromatic N) is 2. The van der Waals surface area contributed by atoms with E-state index in [1.807, 2.05) is 14.1 Å². The lowest BCUT2D eigenvalue weighted by molar-refractivity contribution is 0.0914. The van der Waals surface area contributed by atoms with Gasteiger partial charge < -0.3 is 24.8 Å². The fraction of sp³-hybridized carbons (Fsp3) is 0.333. The van der Waals surface area contributed by atoms with Crippen molar-refractivity contribution in [3.63, 3.8) is 0 Å². The summed E-state index contributed by atoms with van der Waals surface area (Å²) in [6.45, 7) is 0.0319. The molecule has 2 N–H and O–H groups in total. The lowest BCUT2D eigenvalue weighted by Crippen LogP contribution is -2.30. The molecule has 0 bridgehead atoms. The molecule has 25 heavy (non-hydrogen) atoms. The highest BCUT2D eigenvalue weighted by Crippen LogP contribution is 2.29. The highest BCUT2D eigenvalue weighted by molar-refractivity contribution is 5.98. The van der Waals surface area contributed by atoms with Crippen molar-refractivity contribution in [1.29, 1.82) is 0 Å². The number of aromatic nitrogens is 1. The first-order valence-corrected chi connectivity index (χ1v) is 7.78. The second kappa shape index (κ2) is 8.34. The summed E-state index contributed by atoms with van der Waals surface area (Å²) in [5.41, 5.74) is 0.985. The van der Waals surface area contributed by atoms with Crippen LogP contribution in [0.1, 0.15) is 22.0 Å². The molecular weight excluding hydrogens is 322 g/mol. The number of hydrogen-bond acceptors (Lipinski definition) is 6. The first kappa shape index (κ1) is 18.5. The van der Waals surface area contributed by atoms with Gasteiger partial charge in [0, 0.05) is 32.4 Å². The molecule has 134 valence electrons. The number of methoxy groups -OCH3 is 2. The predicted molar refractivity (Wildman–Crippen MR) is 95.4 cm³/mol. The average Bonchev–Trinajstić information content (AvgIpc) is 2.65. The maximum absolute atomic E-state index is 12.4. The van der Waals surface area contributed by atoms with Crippen molar-refractivity contribution in [3.8, 4) is 11.5 Å². The predicted octanol–water partition coefficient (Wildman–Crippen LogP) is 1.63. The molecule has 2 aromatic rings. The van der Waals surface area contributed by atoms with Crippen LogP contribution in [-0.2, 0) is 0 Å². The summed E-state index contributed by atoms with van der Waals surface area (Å²) >= 11 is 0. The van der Waals surface area contributed by atoms with Gasteiger partial charge in [0.15, 0.2) is 0 Å². The number of carbonyl (C=O) groups is 1. The van der Waals surface area contributed by atoms with E-state index >= 15 is 0 Å². The second-order valence-electron chi connectivity index (χ2n) is 5.60. The Morgan fingerprint density at radius 1 is 1.28 bits per heavy atom. The van der Waals surface area contributed by atoms with Crippen LogP contribution < -0.4 is 19.7 Å². The number of aliphatic hydroxyl groups excluding tert-OH is 1. The molecule has 0 aliphatic heterocycles. The van der Waals surface area contributed by atoms with Gasteiger partial charge in [-0.3, -0.25) is 4.79 Å². The molecule has 0 saturated carbocycles. The van der Waals surface area contributed by atoms with Gasteiger partial charge in [0.2, 0.25) is 0 Å². The van der Waals surface area contributed by atoms with Crippen LogP contribution in [0, 0.1) is 0 Å². The Morgan fingerprint density at radius 3 is 2.68 bits per heavy atom. The average molecular weight is 345 g/mol. The first-order chi connectivity index (χ1) is 12.0. The molecule has 0 fully saturated rings. The summed E-state index contributed by atoms with van der Waals surface area (Å²) in [5.74, 6) is 1.38. The monoisotopic (exact) mass is 345 g/mol. The second-order valence-corrected chi connectivity index (χ2v) is 5.60. The maximum atomic E-state index is 12.4. The Morgan fingerprint density at radius 2 is 2.04 bits per heavy atom. The molecule has 1 aromatic carbocycles. The van der Waals surface area contributed by atoms with Crippen molar-refractivity contribution in [2.45, 2.75) is 6.10 Å². The van der Waals surface area contributed by atoms with Gasteiger partial charge in [-0.1, -0.05) is 0 Å². The lowest BCUT2D eigenvalue weighted by atomic mass is 10.1. The number of benzene rings is 1. The number of nitrogens with one attached hydrogen (secondary N) is 1. The summed E-state index contributed by atoms with van der Waals surface area (Å²) < 4.78 is 10.4. The van der Waals surface area contributed by atoms with Gasteiger partial charge >= 0.3 is 0 Å². The smallest absolute Gasteiger partial charge is 0.255 e. The van der Waals surface area contributed by atoms with Crippen LogP contribution in [0.15, 0.2) is 36.5 Å². The van der Waals surface area contributed by atoms with E-state index in [2.05, 4.69) is 10.3 Å². The minimum absolute atomic E-state index is 0.0319. The van der Waals surface area contributed by atoms with Crippen molar-refractivity contribution in [3.05, 3.63) is 47.7 Å². The molecule has 7 heteroatoms. The molecule has 1 unspecified atom stereocenters. The van der Waals surface area contributed by atoms with Crippen LogP contribution in [0.5, 0.6) is 11.5 Å². The molecule has 1 atom stereocenters. The third-order valence-corrected chi connectivity index (χ3v) is 3.71. The normalized spacial score (nSPS) is 11.6. The standard InChI is InChI=1S/C18H23N3O4/c1-21(2)17-13(6-5-9-19-17)18(23)20-11-15(22)14-10-12(24-3)7-8-16(14)25-4/h5-10,15,22H,11H2,1-4H3,(H,20,23). The quantitative estimate of drug-likeness (QED) is 0.793. The maximum Gasteiger partial charge on any atom is 0.255 e. The number of hydrogen-bond donors (Lipinski definition) is 2. The summed E-state index contributed by atoms with van der Waals surface area (Å²) in [6.07, 6.45) is 0.690. The summed E-state index contributed by atoms with van der Waals surface area (Å²) in [6, 6.07) is 8.53. The Balaban J connectivity index is 2.12. The summed E-state index contributed by atoms with van der Waals surface area (Å²) in [4.78, 5) is 18.4. The van der Waals surface area contributed by atoms with Crippen LogP contribution in [0.2, 0.25) is 0 Å². The summed E-state index contributed by atoms with van der Waals surface area (Å²) in [5, 5.41) is 13.2. The zero-order valence-corrected chi connectivity index (χ0v) is 14.8. The van der Waals surface area contributed by atoms with Gasteiger partial charge in [0.05, 0.1) is 19.8 Å². The first-order valence-electron chi connectivity index (χ1n) is 7.78. The molecule has 2 rings (SSSR count). The third-order valence-electron chi connectivity index (χ3n) is 3.71. The van der Waals surface area contributed by atoms with Crippen LogP contribution in [0.25, 0.3) is 0 Å². The minimum atomic E-state index is -0.937. The number of amides is 1. The van der Waals surface area contributed by atoms with E-state index in [0.29, 0.717) is 28.4 Å². The van der Waals surface area contributed by atoms with Crippen molar-refractivity contribution < 1.29 is 19.4 Å². The van der Waals surface area contributed by atoms with Crippen LogP contribution in [0.4, 0.5) is 5.82 Å². The number of aliphatic hydroxyl groups is 1. The highest BCUT2D eigenvalue weighted by Gasteiger charge is 2.18. The Labute approximate surface area is 147 Å². The number of rotatable bonds is 7. The Bertz CT molecular complexity index is 734. The molecule has 0 radical (unpaired) electrons. The molecule has 0 spiro atoms. The van der Waals surface area contributed by atoms with Gasteiger partial charge in [-0.2, -0.15) is 0 Å². The fourth-order valence-electron chi connectivity index (χ4n) is 2.42. The highest BCUT2D eigenvalue weighted by atomic mass is 16.5.